The standard InChI is InChI=1S/C21H30O2S/c1-12(22)15-3-4-16-14-10-19-18-9-13(23)5-8-21(18,11-24-19)17(14)6-7-20(15,16)2/h14-19H,3-11H2,1-2H3/t14?,15-,16?,17?,18?,19-,20-,21+/m1/s1. The van der Waals surface area contributed by atoms with Crippen molar-refractivity contribution in [3.63, 3.8) is 0 Å². The van der Waals surface area contributed by atoms with Crippen LogP contribution in [0.5, 0.6) is 0 Å². The van der Waals surface area contributed by atoms with Gasteiger partial charge in [-0.15, -0.1) is 0 Å². The lowest BCUT2D eigenvalue weighted by molar-refractivity contribution is -0.139. The van der Waals surface area contributed by atoms with Crippen LogP contribution in [-0.2, 0) is 9.59 Å². The van der Waals surface area contributed by atoms with E-state index in [9.17, 15) is 9.59 Å². The summed E-state index contributed by atoms with van der Waals surface area (Å²) in [7, 11) is 0. The number of ketones is 2. The van der Waals surface area contributed by atoms with E-state index in [1.165, 1.54) is 37.9 Å². The van der Waals surface area contributed by atoms with Crippen LogP contribution in [-0.4, -0.2) is 22.6 Å². The van der Waals surface area contributed by atoms with Gasteiger partial charge in [-0.1, -0.05) is 6.92 Å². The highest BCUT2D eigenvalue weighted by Crippen LogP contribution is 2.71. The van der Waals surface area contributed by atoms with Crippen molar-refractivity contribution in [3.05, 3.63) is 0 Å². The number of carbonyl (C=O) groups is 2. The van der Waals surface area contributed by atoms with Gasteiger partial charge in [0.1, 0.15) is 11.6 Å². The van der Waals surface area contributed by atoms with Crippen molar-refractivity contribution in [2.45, 2.75) is 70.5 Å². The summed E-state index contributed by atoms with van der Waals surface area (Å²) in [6.07, 6.45) is 9.19. The van der Waals surface area contributed by atoms with Gasteiger partial charge in [0.25, 0.3) is 0 Å². The molecule has 5 rings (SSSR count). The Hall–Kier alpha value is -0.310. The van der Waals surface area contributed by atoms with E-state index in [2.05, 4.69) is 18.7 Å². The van der Waals surface area contributed by atoms with Crippen LogP contribution in [0.3, 0.4) is 0 Å². The summed E-state index contributed by atoms with van der Waals surface area (Å²) in [6, 6.07) is 0. The number of rotatable bonds is 1. The Morgan fingerprint density at radius 1 is 1.12 bits per heavy atom. The second kappa shape index (κ2) is 5.11. The smallest absolute Gasteiger partial charge is 0.133 e. The molecular weight excluding hydrogens is 316 g/mol. The fourth-order valence-corrected chi connectivity index (χ4v) is 10.3. The molecule has 0 aromatic heterocycles. The van der Waals surface area contributed by atoms with E-state index in [0.29, 0.717) is 28.8 Å². The van der Waals surface area contributed by atoms with Gasteiger partial charge in [0.2, 0.25) is 0 Å². The maximum atomic E-state index is 12.2. The third-order valence-corrected chi connectivity index (χ3v) is 10.9. The minimum Gasteiger partial charge on any atom is -0.300 e. The van der Waals surface area contributed by atoms with Crippen LogP contribution in [0, 0.1) is 40.4 Å². The fourth-order valence-electron chi connectivity index (χ4n) is 8.23. The molecular formula is C21H30O2S. The van der Waals surface area contributed by atoms with Crippen molar-refractivity contribution in [3.8, 4) is 0 Å². The third kappa shape index (κ3) is 1.86. The lowest BCUT2D eigenvalue weighted by atomic mass is 9.44. The monoisotopic (exact) mass is 346 g/mol. The number of hydrogen-bond donors (Lipinski definition) is 0. The Kier molecular flexibility index (Phi) is 3.39. The van der Waals surface area contributed by atoms with Crippen molar-refractivity contribution < 1.29 is 9.59 Å². The van der Waals surface area contributed by atoms with Gasteiger partial charge in [0.15, 0.2) is 0 Å². The molecule has 1 aliphatic heterocycles. The molecule has 0 radical (unpaired) electrons. The van der Waals surface area contributed by atoms with E-state index >= 15 is 0 Å². The largest absolute Gasteiger partial charge is 0.300 e. The Morgan fingerprint density at radius 2 is 1.96 bits per heavy atom. The number of thioether (sulfide) groups is 1. The summed E-state index contributed by atoms with van der Waals surface area (Å²) in [6.45, 7) is 4.27. The van der Waals surface area contributed by atoms with Gasteiger partial charge in [0.05, 0.1) is 0 Å². The molecule has 4 saturated carbocycles. The summed E-state index contributed by atoms with van der Waals surface area (Å²) in [5.41, 5.74) is 0.743. The first-order valence-corrected chi connectivity index (χ1v) is 11.1. The lowest BCUT2D eigenvalue weighted by Crippen LogP contribution is -2.56. The average molecular weight is 347 g/mol. The second-order valence-electron chi connectivity index (χ2n) is 9.83. The van der Waals surface area contributed by atoms with Crippen LogP contribution in [0.4, 0.5) is 0 Å². The van der Waals surface area contributed by atoms with Gasteiger partial charge >= 0.3 is 0 Å². The first-order chi connectivity index (χ1) is 11.5. The topological polar surface area (TPSA) is 34.1 Å². The van der Waals surface area contributed by atoms with E-state index in [1.54, 1.807) is 0 Å². The molecule has 132 valence electrons. The molecule has 0 spiro atoms. The molecule has 2 bridgehead atoms. The maximum Gasteiger partial charge on any atom is 0.133 e. The molecule has 1 heterocycles. The summed E-state index contributed by atoms with van der Waals surface area (Å²) < 4.78 is 0. The van der Waals surface area contributed by atoms with E-state index in [0.717, 1.165) is 42.3 Å². The molecule has 1 saturated heterocycles. The Labute approximate surface area is 149 Å². The highest BCUT2D eigenvalue weighted by Gasteiger charge is 2.66. The summed E-state index contributed by atoms with van der Waals surface area (Å²) in [5.74, 6) is 5.71. The van der Waals surface area contributed by atoms with E-state index in [-0.39, 0.29) is 5.41 Å². The van der Waals surface area contributed by atoms with Crippen LogP contribution in [0.25, 0.3) is 0 Å². The van der Waals surface area contributed by atoms with Gasteiger partial charge in [-0.05, 0) is 85.7 Å². The van der Waals surface area contributed by atoms with Crippen LogP contribution in [0.15, 0.2) is 0 Å². The van der Waals surface area contributed by atoms with Gasteiger partial charge in [-0.25, -0.2) is 0 Å². The Bertz CT molecular complexity index is 601. The molecule has 0 aromatic carbocycles. The van der Waals surface area contributed by atoms with E-state index in [1.807, 2.05) is 6.92 Å². The van der Waals surface area contributed by atoms with Crippen LogP contribution in [0.2, 0.25) is 0 Å². The fraction of sp³-hybridized carbons (Fsp3) is 0.905. The summed E-state index contributed by atoms with van der Waals surface area (Å²) in [5, 5.41) is 0.731. The number of fused-ring (bicyclic) bond motifs is 3. The molecule has 3 heteroatoms. The van der Waals surface area contributed by atoms with Gasteiger partial charge in [-0.3, -0.25) is 9.59 Å². The predicted octanol–water partition coefficient (Wildman–Crippen LogP) is 4.51. The average Bonchev–Trinajstić information content (AvgIpc) is 3.02. The summed E-state index contributed by atoms with van der Waals surface area (Å²) >= 11 is 2.20. The molecule has 24 heavy (non-hydrogen) atoms. The molecule has 5 fully saturated rings. The van der Waals surface area contributed by atoms with Crippen LogP contribution < -0.4 is 0 Å². The van der Waals surface area contributed by atoms with Crippen molar-refractivity contribution in [1.29, 1.82) is 0 Å². The predicted molar refractivity (Wildman–Crippen MR) is 96.9 cm³/mol. The number of Topliss-reactive ketones (excluding diaryl/α,β-unsaturated/α-hetero) is 2. The van der Waals surface area contributed by atoms with E-state index < -0.39 is 0 Å². The number of carbonyl (C=O) groups excluding carboxylic acids is 2. The van der Waals surface area contributed by atoms with Gasteiger partial charge in [-0.2, -0.15) is 11.8 Å². The van der Waals surface area contributed by atoms with Crippen molar-refractivity contribution >= 4 is 23.3 Å². The summed E-state index contributed by atoms with van der Waals surface area (Å²) in [4.78, 5) is 24.3. The molecule has 0 amide bonds. The highest BCUT2D eigenvalue weighted by atomic mass is 32.2. The van der Waals surface area contributed by atoms with Gasteiger partial charge in [0, 0.05) is 24.0 Å². The minimum absolute atomic E-state index is 0.269. The van der Waals surface area contributed by atoms with Gasteiger partial charge < -0.3 is 0 Å². The quantitative estimate of drug-likeness (QED) is 0.700. The molecule has 4 aliphatic carbocycles. The minimum atomic E-state index is 0.269. The zero-order chi connectivity index (χ0) is 16.7. The van der Waals surface area contributed by atoms with Crippen molar-refractivity contribution in [2.75, 3.05) is 5.75 Å². The highest BCUT2D eigenvalue weighted by molar-refractivity contribution is 8.00. The second-order valence-corrected chi connectivity index (χ2v) is 11.1. The maximum absolute atomic E-state index is 12.2. The molecule has 8 atom stereocenters. The number of hydrogen-bond acceptors (Lipinski definition) is 3. The molecule has 0 N–H and O–H groups in total. The SMILES string of the molecule is CC(=O)[C@H]1CCC2C3C[C@H]4SC[C@@]5(CCC(=O)CC45)C3CC[C@@]21C. The molecule has 4 unspecified atom stereocenters. The normalized spacial score (nSPS) is 55.7. The lowest BCUT2D eigenvalue weighted by Gasteiger charge is -2.59. The molecule has 5 aliphatic rings. The zero-order valence-electron chi connectivity index (χ0n) is 15.1. The third-order valence-electron chi connectivity index (χ3n) is 9.24. The van der Waals surface area contributed by atoms with Crippen LogP contribution in [0.1, 0.15) is 65.2 Å². The first-order valence-electron chi connectivity index (χ1n) is 10.1. The first kappa shape index (κ1) is 15.9. The van der Waals surface area contributed by atoms with Crippen molar-refractivity contribution in [2.24, 2.45) is 40.4 Å². The Balaban J connectivity index is 1.50. The molecule has 2 nitrogen and oxygen atoms in total. The molecule has 0 aromatic rings. The Morgan fingerprint density at radius 3 is 2.75 bits per heavy atom. The van der Waals surface area contributed by atoms with Crippen molar-refractivity contribution in [1.82, 2.24) is 0 Å². The zero-order valence-corrected chi connectivity index (χ0v) is 15.9. The van der Waals surface area contributed by atoms with E-state index in [4.69, 9.17) is 0 Å². The van der Waals surface area contributed by atoms with Crippen LogP contribution >= 0.6 is 11.8 Å².